The molecule has 7 heteroatoms. The zero-order valence-electron chi connectivity index (χ0n) is 11.7. The second-order valence-corrected chi connectivity index (χ2v) is 4.77. The number of morpholine rings is 1. The molecule has 0 aromatic heterocycles. The van der Waals surface area contributed by atoms with Crippen LogP contribution < -0.4 is 14.8 Å². The molecule has 0 unspecified atom stereocenters. The molecule has 0 saturated carbocycles. The van der Waals surface area contributed by atoms with Gasteiger partial charge >= 0.3 is 0 Å². The Kier molecular flexibility index (Phi) is 5.67. The molecule has 2 aliphatic rings. The molecule has 1 fully saturated rings. The number of halogens is 1. The van der Waals surface area contributed by atoms with Gasteiger partial charge in [0.2, 0.25) is 5.91 Å². The van der Waals surface area contributed by atoms with Crippen LogP contribution in [0.15, 0.2) is 18.2 Å². The summed E-state index contributed by atoms with van der Waals surface area (Å²) in [5.41, 5.74) is 0.667. The standard InChI is InChI=1S/C14H18N2O4.ClH/c17-13(10-16-4-6-18-7-5-16)15-11-2-1-3-12-14(11)20-9-8-19-12;/h1-3H,4-10H2,(H,15,17);1H. The van der Waals surface area contributed by atoms with E-state index in [2.05, 4.69) is 10.2 Å². The van der Waals surface area contributed by atoms with E-state index in [9.17, 15) is 4.79 Å². The van der Waals surface area contributed by atoms with Crippen molar-refractivity contribution in [1.29, 1.82) is 0 Å². The van der Waals surface area contributed by atoms with Crippen molar-refractivity contribution < 1.29 is 19.0 Å². The molecule has 1 aromatic carbocycles. The van der Waals surface area contributed by atoms with Gasteiger partial charge in [-0.2, -0.15) is 0 Å². The van der Waals surface area contributed by atoms with E-state index < -0.39 is 0 Å². The second kappa shape index (κ2) is 7.49. The second-order valence-electron chi connectivity index (χ2n) is 4.77. The van der Waals surface area contributed by atoms with E-state index in [1.807, 2.05) is 18.2 Å². The minimum Gasteiger partial charge on any atom is -0.486 e. The summed E-state index contributed by atoms with van der Waals surface area (Å²) in [5, 5.41) is 2.89. The Balaban J connectivity index is 0.00000161. The molecule has 0 atom stereocenters. The van der Waals surface area contributed by atoms with E-state index in [0.29, 0.717) is 50.2 Å². The first-order chi connectivity index (χ1) is 9.83. The number of carbonyl (C=O) groups is 1. The Morgan fingerprint density at radius 2 is 1.90 bits per heavy atom. The van der Waals surface area contributed by atoms with Gasteiger partial charge in [-0.25, -0.2) is 0 Å². The van der Waals surface area contributed by atoms with Gasteiger partial charge in [-0.15, -0.1) is 12.4 Å². The van der Waals surface area contributed by atoms with Crippen molar-refractivity contribution in [2.45, 2.75) is 0 Å². The number of para-hydroxylation sites is 1. The van der Waals surface area contributed by atoms with E-state index in [1.165, 1.54) is 0 Å². The summed E-state index contributed by atoms with van der Waals surface area (Å²) >= 11 is 0. The molecule has 0 spiro atoms. The van der Waals surface area contributed by atoms with Gasteiger partial charge in [0.1, 0.15) is 13.2 Å². The highest BCUT2D eigenvalue weighted by molar-refractivity contribution is 5.94. The first-order valence-electron chi connectivity index (χ1n) is 6.81. The molecule has 21 heavy (non-hydrogen) atoms. The molecule has 2 aliphatic heterocycles. The lowest BCUT2D eigenvalue weighted by molar-refractivity contribution is -0.118. The van der Waals surface area contributed by atoms with Crippen molar-refractivity contribution in [2.75, 3.05) is 51.4 Å². The van der Waals surface area contributed by atoms with E-state index in [-0.39, 0.29) is 18.3 Å². The van der Waals surface area contributed by atoms with Crippen LogP contribution in [0.1, 0.15) is 0 Å². The first-order valence-corrected chi connectivity index (χ1v) is 6.81. The smallest absolute Gasteiger partial charge is 0.238 e. The highest BCUT2D eigenvalue weighted by Crippen LogP contribution is 2.37. The average molecular weight is 315 g/mol. The number of rotatable bonds is 3. The van der Waals surface area contributed by atoms with E-state index in [4.69, 9.17) is 14.2 Å². The maximum absolute atomic E-state index is 12.1. The molecule has 3 rings (SSSR count). The van der Waals surface area contributed by atoms with Crippen LogP contribution in [-0.4, -0.2) is 56.9 Å². The maximum atomic E-state index is 12.1. The first kappa shape index (κ1) is 15.9. The minimum atomic E-state index is -0.0468. The summed E-state index contributed by atoms with van der Waals surface area (Å²) < 4.78 is 16.3. The Bertz CT molecular complexity index is 492. The number of amides is 1. The summed E-state index contributed by atoms with van der Waals surface area (Å²) in [4.78, 5) is 14.2. The predicted molar refractivity (Wildman–Crippen MR) is 80.6 cm³/mol. The number of nitrogens with zero attached hydrogens (tertiary/aromatic N) is 1. The molecule has 1 aromatic rings. The van der Waals surface area contributed by atoms with Crippen LogP contribution in [0.5, 0.6) is 11.5 Å². The van der Waals surface area contributed by atoms with Crippen molar-refractivity contribution in [3.8, 4) is 11.5 Å². The number of ether oxygens (including phenoxy) is 3. The largest absolute Gasteiger partial charge is 0.486 e. The van der Waals surface area contributed by atoms with Crippen molar-refractivity contribution in [3.05, 3.63) is 18.2 Å². The van der Waals surface area contributed by atoms with Gasteiger partial charge in [0.05, 0.1) is 25.4 Å². The number of benzene rings is 1. The molecule has 0 radical (unpaired) electrons. The van der Waals surface area contributed by atoms with Crippen molar-refractivity contribution >= 4 is 24.0 Å². The van der Waals surface area contributed by atoms with Gasteiger partial charge in [-0.1, -0.05) is 6.07 Å². The fourth-order valence-corrected chi connectivity index (χ4v) is 2.32. The topological polar surface area (TPSA) is 60.0 Å². The summed E-state index contributed by atoms with van der Waals surface area (Å²) in [7, 11) is 0. The third-order valence-electron chi connectivity index (χ3n) is 3.31. The SMILES string of the molecule is Cl.O=C(CN1CCOCC1)Nc1cccc2c1OCCO2. The van der Waals surface area contributed by atoms with Crippen molar-refractivity contribution in [1.82, 2.24) is 4.90 Å². The molecular weight excluding hydrogens is 296 g/mol. The number of nitrogens with one attached hydrogen (secondary N) is 1. The predicted octanol–water partition coefficient (Wildman–Crippen LogP) is 1.15. The van der Waals surface area contributed by atoms with Gasteiger partial charge in [0.25, 0.3) is 0 Å². The number of hydrogen-bond acceptors (Lipinski definition) is 5. The van der Waals surface area contributed by atoms with Crippen LogP contribution in [0, 0.1) is 0 Å². The van der Waals surface area contributed by atoms with E-state index in [1.54, 1.807) is 0 Å². The quantitative estimate of drug-likeness (QED) is 0.907. The van der Waals surface area contributed by atoms with Gasteiger partial charge in [0, 0.05) is 13.1 Å². The monoisotopic (exact) mass is 314 g/mol. The molecule has 1 N–H and O–H groups in total. The van der Waals surface area contributed by atoms with E-state index >= 15 is 0 Å². The molecule has 0 bridgehead atoms. The van der Waals surface area contributed by atoms with Gasteiger partial charge in [-0.3, -0.25) is 9.69 Å². The summed E-state index contributed by atoms with van der Waals surface area (Å²) in [6, 6.07) is 5.51. The Morgan fingerprint density at radius 1 is 1.14 bits per heavy atom. The lowest BCUT2D eigenvalue weighted by Gasteiger charge is -2.26. The Morgan fingerprint density at radius 3 is 2.71 bits per heavy atom. The molecule has 116 valence electrons. The average Bonchev–Trinajstić information content (AvgIpc) is 2.48. The fourth-order valence-electron chi connectivity index (χ4n) is 2.32. The maximum Gasteiger partial charge on any atom is 0.238 e. The van der Waals surface area contributed by atoms with Crippen molar-refractivity contribution in [3.63, 3.8) is 0 Å². The minimum absolute atomic E-state index is 0. The number of hydrogen-bond donors (Lipinski definition) is 1. The zero-order chi connectivity index (χ0) is 13.8. The Hall–Kier alpha value is -1.50. The van der Waals surface area contributed by atoms with Gasteiger partial charge in [0.15, 0.2) is 11.5 Å². The molecule has 0 aliphatic carbocycles. The highest BCUT2D eigenvalue weighted by atomic mass is 35.5. The molecule has 1 amide bonds. The van der Waals surface area contributed by atoms with Gasteiger partial charge in [-0.05, 0) is 12.1 Å². The normalized spacial score (nSPS) is 17.7. The van der Waals surface area contributed by atoms with Crippen LogP contribution in [0.2, 0.25) is 0 Å². The third-order valence-corrected chi connectivity index (χ3v) is 3.31. The van der Waals surface area contributed by atoms with Crippen LogP contribution in [0.3, 0.4) is 0 Å². The number of carbonyl (C=O) groups excluding carboxylic acids is 1. The lowest BCUT2D eigenvalue weighted by Crippen LogP contribution is -2.41. The van der Waals surface area contributed by atoms with Crippen LogP contribution in [0.25, 0.3) is 0 Å². The summed E-state index contributed by atoms with van der Waals surface area (Å²) in [6.07, 6.45) is 0. The highest BCUT2D eigenvalue weighted by Gasteiger charge is 2.19. The number of anilines is 1. The summed E-state index contributed by atoms with van der Waals surface area (Å²) in [6.45, 7) is 4.37. The molecular formula is C14H19ClN2O4. The zero-order valence-corrected chi connectivity index (χ0v) is 12.5. The van der Waals surface area contributed by atoms with E-state index in [0.717, 1.165) is 13.1 Å². The Labute approximate surface area is 129 Å². The van der Waals surface area contributed by atoms with Crippen molar-refractivity contribution in [2.24, 2.45) is 0 Å². The molecule has 2 heterocycles. The third kappa shape index (κ3) is 4.00. The lowest BCUT2D eigenvalue weighted by atomic mass is 10.2. The fraction of sp³-hybridized carbons (Fsp3) is 0.500. The van der Waals surface area contributed by atoms with Crippen LogP contribution in [0.4, 0.5) is 5.69 Å². The van der Waals surface area contributed by atoms with Gasteiger partial charge < -0.3 is 19.5 Å². The van der Waals surface area contributed by atoms with Crippen LogP contribution in [-0.2, 0) is 9.53 Å². The summed E-state index contributed by atoms with van der Waals surface area (Å²) in [5.74, 6) is 1.25. The molecule has 1 saturated heterocycles. The molecule has 6 nitrogen and oxygen atoms in total. The number of fused-ring (bicyclic) bond motifs is 1. The van der Waals surface area contributed by atoms with Crippen LogP contribution >= 0.6 is 12.4 Å².